The minimum absolute atomic E-state index is 0.712. The summed E-state index contributed by atoms with van der Waals surface area (Å²) in [5.74, 6) is 1.61. The van der Waals surface area contributed by atoms with Crippen LogP contribution in [-0.4, -0.2) is 16.6 Å². The average Bonchev–Trinajstić information content (AvgIpc) is 2.74. The summed E-state index contributed by atoms with van der Waals surface area (Å²) < 4.78 is 6.02. The molecule has 2 rings (SSSR count). The summed E-state index contributed by atoms with van der Waals surface area (Å²) in [6, 6.07) is 8.06. The zero-order valence-electron chi connectivity index (χ0n) is 17.7. The standard InChI is InChI=1S/C25H36N2O/c1-3-5-7-9-11-15-19-28-24-18-14-13-17-23(24)25-26-20-22(21-27-25)16-12-10-8-6-4-2/h7,9,13-14,17-18,20-21H,3-6,8,10-12,15-16,19H2,1-2H3. The second kappa shape index (κ2) is 13.9. The molecule has 28 heavy (non-hydrogen) atoms. The van der Waals surface area contributed by atoms with Gasteiger partial charge in [0, 0.05) is 12.4 Å². The molecule has 0 unspecified atom stereocenters. The highest BCUT2D eigenvalue weighted by molar-refractivity contribution is 5.63. The van der Waals surface area contributed by atoms with Crippen molar-refractivity contribution >= 4 is 0 Å². The zero-order chi connectivity index (χ0) is 19.9. The molecule has 0 atom stereocenters. The van der Waals surface area contributed by atoms with Crippen molar-refractivity contribution in [3.63, 3.8) is 0 Å². The van der Waals surface area contributed by atoms with Crippen molar-refractivity contribution in [2.45, 2.75) is 78.1 Å². The zero-order valence-corrected chi connectivity index (χ0v) is 17.7. The number of aryl methyl sites for hydroxylation is 1. The molecule has 3 heteroatoms. The van der Waals surface area contributed by atoms with Crippen LogP contribution in [0.5, 0.6) is 5.75 Å². The van der Waals surface area contributed by atoms with E-state index in [-0.39, 0.29) is 0 Å². The smallest absolute Gasteiger partial charge is 0.162 e. The van der Waals surface area contributed by atoms with Gasteiger partial charge in [-0.15, -0.1) is 0 Å². The van der Waals surface area contributed by atoms with Crippen LogP contribution in [0.1, 0.15) is 77.2 Å². The lowest BCUT2D eigenvalue weighted by atomic mass is 10.1. The summed E-state index contributed by atoms with van der Waals surface area (Å²) in [5, 5.41) is 0. The summed E-state index contributed by atoms with van der Waals surface area (Å²) >= 11 is 0. The topological polar surface area (TPSA) is 35.0 Å². The highest BCUT2D eigenvalue weighted by Gasteiger charge is 2.08. The molecular formula is C25H36N2O. The fourth-order valence-corrected chi connectivity index (χ4v) is 3.12. The molecule has 0 aliphatic heterocycles. The molecule has 0 fully saturated rings. The van der Waals surface area contributed by atoms with E-state index in [0.717, 1.165) is 42.8 Å². The number of hydrogen-bond donors (Lipinski definition) is 0. The molecule has 0 saturated carbocycles. The normalized spacial score (nSPS) is 11.2. The van der Waals surface area contributed by atoms with Gasteiger partial charge in [-0.05, 0) is 49.8 Å². The molecule has 0 aliphatic carbocycles. The molecule has 152 valence electrons. The Morgan fingerprint density at radius 1 is 0.821 bits per heavy atom. The summed E-state index contributed by atoms with van der Waals surface area (Å²) in [4.78, 5) is 9.20. The number of nitrogens with zero attached hydrogens (tertiary/aromatic N) is 2. The number of allylic oxidation sites excluding steroid dienone is 2. The molecule has 0 radical (unpaired) electrons. The number of unbranched alkanes of at least 4 members (excludes halogenated alkanes) is 6. The quantitative estimate of drug-likeness (QED) is 0.257. The number of benzene rings is 1. The first-order chi connectivity index (χ1) is 13.8. The Labute approximate surface area is 171 Å². The Bertz CT molecular complexity index is 679. The van der Waals surface area contributed by atoms with E-state index in [1.54, 1.807) is 0 Å². The van der Waals surface area contributed by atoms with Gasteiger partial charge >= 0.3 is 0 Å². The molecule has 1 heterocycles. The minimum Gasteiger partial charge on any atom is -0.493 e. The second-order valence-corrected chi connectivity index (χ2v) is 7.33. The van der Waals surface area contributed by atoms with E-state index in [9.17, 15) is 0 Å². The van der Waals surface area contributed by atoms with Crippen LogP contribution in [-0.2, 0) is 6.42 Å². The van der Waals surface area contributed by atoms with Crippen LogP contribution in [0.15, 0.2) is 48.8 Å². The molecule has 0 amide bonds. The van der Waals surface area contributed by atoms with E-state index in [0.29, 0.717) is 6.61 Å². The first-order valence-corrected chi connectivity index (χ1v) is 11.0. The molecule has 0 aliphatic rings. The van der Waals surface area contributed by atoms with Gasteiger partial charge in [0.05, 0.1) is 12.2 Å². The molecule has 0 saturated heterocycles. The number of para-hydroxylation sites is 1. The highest BCUT2D eigenvalue weighted by atomic mass is 16.5. The van der Waals surface area contributed by atoms with Crippen molar-refractivity contribution in [3.05, 3.63) is 54.4 Å². The third-order valence-corrected chi connectivity index (χ3v) is 4.80. The van der Waals surface area contributed by atoms with E-state index >= 15 is 0 Å². The summed E-state index contributed by atoms with van der Waals surface area (Å²) in [7, 11) is 0. The van der Waals surface area contributed by atoms with Gasteiger partial charge < -0.3 is 4.74 Å². The molecule has 3 nitrogen and oxygen atoms in total. The van der Waals surface area contributed by atoms with Crippen LogP contribution < -0.4 is 4.74 Å². The van der Waals surface area contributed by atoms with Crippen molar-refractivity contribution in [3.8, 4) is 17.1 Å². The van der Waals surface area contributed by atoms with Crippen LogP contribution in [0.2, 0.25) is 0 Å². The Balaban J connectivity index is 1.85. The third-order valence-electron chi connectivity index (χ3n) is 4.80. The van der Waals surface area contributed by atoms with Crippen LogP contribution in [0.4, 0.5) is 0 Å². The Morgan fingerprint density at radius 2 is 1.57 bits per heavy atom. The predicted molar refractivity (Wildman–Crippen MR) is 119 cm³/mol. The molecule has 0 spiro atoms. The fraction of sp³-hybridized carbons (Fsp3) is 0.520. The third kappa shape index (κ3) is 8.24. The first kappa shape index (κ1) is 22.1. The average molecular weight is 381 g/mol. The SMILES string of the molecule is CCCC=CCCCOc1ccccc1-c1ncc(CCCCCCC)cn1. The molecule has 1 aromatic heterocycles. The van der Waals surface area contributed by atoms with Gasteiger partial charge in [0.15, 0.2) is 5.82 Å². The highest BCUT2D eigenvalue weighted by Crippen LogP contribution is 2.27. The molecular weight excluding hydrogens is 344 g/mol. The molecule has 0 bridgehead atoms. The van der Waals surface area contributed by atoms with Gasteiger partial charge in [-0.1, -0.05) is 70.2 Å². The Hall–Kier alpha value is -2.16. The van der Waals surface area contributed by atoms with Crippen molar-refractivity contribution in [1.29, 1.82) is 0 Å². The maximum absolute atomic E-state index is 6.02. The number of aromatic nitrogens is 2. The van der Waals surface area contributed by atoms with E-state index in [1.807, 2.05) is 36.7 Å². The van der Waals surface area contributed by atoms with Gasteiger partial charge in [-0.2, -0.15) is 0 Å². The van der Waals surface area contributed by atoms with E-state index < -0.39 is 0 Å². The molecule has 0 N–H and O–H groups in total. The van der Waals surface area contributed by atoms with Crippen LogP contribution in [0, 0.1) is 0 Å². The second-order valence-electron chi connectivity index (χ2n) is 7.33. The first-order valence-electron chi connectivity index (χ1n) is 11.0. The lowest BCUT2D eigenvalue weighted by molar-refractivity contribution is 0.313. The fourth-order valence-electron chi connectivity index (χ4n) is 3.12. The number of ether oxygens (including phenoxy) is 1. The lowest BCUT2D eigenvalue weighted by Gasteiger charge is -2.10. The van der Waals surface area contributed by atoms with E-state index in [2.05, 4.69) is 36.0 Å². The summed E-state index contributed by atoms with van der Waals surface area (Å²) in [5.41, 5.74) is 2.19. The van der Waals surface area contributed by atoms with Gasteiger partial charge in [0.2, 0.25) is 0 Å². The van der Waals surface area contributed by atoms with Crippen molar-refractivity contribution in [1.82, 2.24) is 9.97 Å². The Morgan fingerprint density at radius 3 is 2.36 bits per heavy atom. The van der Waals surface area contributed by atoms with Gasteiger partial charge in [-0.25, -0.2) is 9.97 Å². The lowest BCUT2D eigenvalue weighted by Crippen LogP contribution is -2.00. The van der Waals surface area contributed by atoms with Gasteiger partial charge in [0.25, 0.3) is 0 Å². The Kier molecular flexibility index (Phi) is 11.0. The van der Waals surface area contributed by atoms with Gasteiger partial charge in [-0.3, -0.25) is 0 Å². The summed E-state index contributed by atoms with van der Waals surface area (Å²) in [6.45, 7) is 5.16. The van der Waals surface area contributed by atoms with Crippen LogP contribution in [0.25, 0.3) is 11.4 Å². The maximum atomic E-state index is 6.02. The van der Waals surface area contributed by atoms with Crippen LogP contribution >= 0.6 is 0 Å². The maximum Gasteiger partial charge on any atom is 0.162 e. The largest absolute Gasteiger partial charge is 0.493 e. The monoisotopic (exact) mass is 380 g/mol. The van der Waals surface area contributed by atoms with Crippen LogP contribution in [0.3, 0.4) is 0 Å². The number of hydrogen-bond acceptors (Lipinski definition) is 3. The van der Waals surface area contributed by atoms with Crippen molar-refractivity contribution < 1.29 is 4.74 Å². The molecule has 1 aromatic carbocycles. The minimum atomic E-state index is 0.712. The number of rotatable bonds is 14. The predicted octanol–water partition coefficient (Wildman–Crippen LogP) is 7.17. The van der Waals surface area contributed by atoms with E-state index in [4.69, 9.17) is 4.74 Å². The summed E-state index contributed by atoms with van der Waals surface area (Å²) in [6.07, 6.45) is 20.4. The van der Waals surface area contributed by atoms with Gasteiger partial charge in [0.1, 0.15) is 5.75 Å². The van der Waals surface area contributed by atoms with E-state index in [1.165, 1.54) is 44.1 Å². The van der Waals surface area contributed by atoms with Crippen molar-refractivity contribution in [2.75, 3.05) is 6.61 Å². The molecule has 2 aromatic rings. The van der Waals surface area contributed by atoms with Crippen molar-refractivity contribution in [2.24, 2.45) is 0 Å².